The highest BCUT2D eigenvalue weighted by Gasteiger charge is 2.45. The molecule has 1 aliphatic carbocycles. The van der Waals surface area contributed by atoms with Crippen LogP contribution < -0.4 is 5.32 Å². The highest BCUT2D eigenvalue weighted by atomic mass is 32.2. The van der Waals surface area contributed by atoms with Gasteiger partial charge in [-0.15, -0.1) is 11.8 Å². The lowest BCUT2D eigenvalue weighted by Crippen LogP contribution is -2.51. The summed E-state index contributed by atoms with van der Waals surface area (Å²) in [4.78, 5) is 28.4. The first-order valence-corrected chi connectivity index (χ1v) is 11.6. The molecule has 2 aliphatic rings. The number of rotatable bonds is 5. The van der Waals surface area contributed by atoms with Gasteiger partial charge in [-0.25, -0.2) is 0 Å². The van der Waals surface area contributed by atoms with Gasteiger partial charge in [-0.05, 0) is 36.5 Å². The Morgan fingerprint density at radius 1 is 0.931 bits per heavy atom. The van der Waals surface area contributed by atoms with Crippen LogP contribution in [0.2, 0.25) is 0 Å². The van der Waals surface area contributed by atoms with E-state index in [2.05, 4.69) is 5.32 Å². The number of thioether (sulfide) groups is 1. The van der Waals surface area contributed by atoms with Crippen molar-refractivity contribution in [2.75, 3.05) is 5.75 Å². The fourth-order valence-electron chi connectivity index (χ4n) is 4.40. The summed E-state index contributed by atoms with van der Waals surface area (Å²) in [7, 11) is 0. The van der Waals surface area contributed by atoms with E-state index in [0.29, 0.717) is 23.8 Å². The molecule has 1 heterocycles. The first-order chi connectivity index (χ1) is 14.2. The van der Waals surface area contributed by atoms with E-state index in [4.69, 9.17) is 0 Å². The van der Waals surface area contributed by atoms with Crippen LogP contribution in [0.5, 0.6) is 0 Å². The highest BCUT2D eigenvalue weighted by Crippen LogP contribution is 2.41. The Morgan fingerprint density at radius 3 is 2.28 bits per heavy atom. The van der Waals surface area contributed by atoms with Crippen molar-refractivity contribution in [1.82, 2.24) is 10.2 Å². The van der Waals surface area contributed by atoms with Crippen molar-refractivity contribution in [2.24, 2.45) is 5.92 Å². The minimum atomic E-state index is -0.414. The largest absolute Gasteiger partial charge is 0.350 e. The number of hydrogen-bond donors (Lipinski definition) is 1. The number of nitrogens with one attached hydrogen (secondary N) is 1. The summed E-state index contributed by atoms with van der Waals surface area (Å²) in [5.41, 5.74) is 1.73. The monoisotopic (exact) mass is 408 g/mol. The summed E-state index contributed by atoms with van der Waals surface area (Å²) in [6.45, 7) is 0.488. The smallest absolute Gasteiger partial charge is 0.255 e. The number of carbonyl (C=O) groups is 2. The molecule has 1 aliphatic heterocycles. The zero-order chi connectivity index (χ0) is 20.1. The summed E-state index contributed by atoms with van der Waals surface area (Å²) < 4.78 is 0. The second kappa shape index (κ2) is 9.49. The molecular formula is C24H28N2O2S. The molecule has 0 radical (unpaired) electrons. The first-order valence-electron chi connectivity index (χ1n) is 10.5. The van der Waals surface area contributed by atoms with Crippen molar-refractivity contribution < 1.29 is 9.59 Å². The van der Waals surface area contributed by atoms with E-state index in [1.807, 2.05) is 65.6 Å². The quantitative estimate of drug-likeness (QED) is 0.794. The summed E-state index contributed by atoms with van der Waals surface area (Å²) in [5.74, 6) is 1.07. The standard InChI is InChI=1S/C24H28N2O2S/c27-22(25-16-18-10-4-1-5-11-18)21-17-29-24(20-14-8-3-9-15-20)26(21)23(28)19-12-6-2-7-13-19/h1-2,4-7,10-13,20-21,24H,3,8-9,14-17H2,(H,25,27)/t21-,24+/m1/s1. The number of hydrogen-bond acceptors (Lipinski definition) is 3. The average Bonchev–Trinajstić information content (AvgIpc) is 3.24. The van der Waals surface area contributed by atoms with Gasteiger partial charge >= 0.3 is 0 Å². The highest BCUT2D eigenvalue weighted by molar-refractivity contribution is 8.00. The fourth-order valence-corrected chi connectivity index (χ4v) is 6.04. The summed E-state index contributed by atoms with van der Waals surface area (Å²) in [6.07, 6.45) is 6.02. The molecule has 2 atom stereocenters. The van der Waals surface area contributed by atoms with Gasteiger partial charge < -0.3 is 10.2 Å². The lowest BCUT2D eigenvalue weighted by Gasteiger charge is -2.35. The average molecular weight is 409 g/mol. The van der Waals surface area contributed by atoms with Crippen molar-refractivity contribution in [2.45, 2.75) is 50.1 Å². The molecule has 2 aromatic rings. The van der Waals surface area contributed by atoms with Crippen molar-refractivity contribution in [3.63, 3.8) is 0 Å². The van der Waals surface area contributed by atoms with Crippen molar-refractivity contribution in [3.05, 3.63) is 71.8 Å². The van der Waals surface area contributed by atoms with E-state index < -0.39 is 6.04 Å². The maximum atomic E-state index is 13.4. The lowest BCUT2D eigenvalue weighted by molar-refractivity contribution is -0.125. The Kier molecular flexibility index (Phi) is 6.55. The number of nitrogens with zero attached hydrogens (tertiary/aromatic N) is 1. The van der Waals surface area contributed by atoms with Crippen LogP contribution in [-0.4, -0.2) is 33.9 Å². The van der Waals surface area contributed by atoms with Crippen LogP contribution in [0.4, 0.5) is 0 Å². The number of benzene rings is 2. The van der Waals surface area contributed by atoms with Gasteiger partial charge in [-0.2, -0.15) is 0 Å². The molecule has 4 rings (SSSR count). The molecule has 152 valence electrons. The molecular weight excluding hydrogens is 380 g/mol. The van der Waals surface area contributed by atoms with Crippen LogP contribution in [0.1, 0.15) is 48.0 Å². The minimum absolute atomic E-state index is 0.0222. The van der Waals surface area contributed by atoms with Crippen LogP contribution in [0.25, 0.3) is 0 Å². The maximum absolute atomic E-state index is 13.4. The second-order valence-electron chi connectivity index (χ2n) is 7.92. The van der Waals surface area contributed by atoms with E-state index in [-0.39, 0.29) is 17.2 Å². The Bertz CT molecular complexity index is 821. The van der Waals surface area contributed by atoms with Crippen molar-refractivity contribution >= 4 is 23.6 Å². The first kappa shape index (κ1) is 20.0. The molecule has 0 spiro atoms. The van der Waals surface area contributed by atoms with Gasteiger partial charge in [0.05, 0.1) is 5.37 Å². The van der Waals surface area contributed by atoms with Gasteiger partial charge in [0.25, 0.3) is 5.91 Å². The molecule has 0 unspecified atom stereocenters. The third kappa shape index (κ3) is 4.67. The topological polar surface area (TPSA) is 49.4 Å². The molecule has 29 heavy (non-hydrogen) atoms. The van der Waals surface area contributed by atoms with Gasteiger partial charge in [0.1, 0.15) is 6.04 Å². The molecule has 2 fully saturated rings. The Balaban J connectivity index is 1.52. The zero-order valence-electron chi connectivity index (χ0n) is 16.6. The second-order valence-corrected chi connectivity index (χ2v) is 9.07. The zero-order valence-corrected chi connectivity index (χ0v) is 17.4. The maximum Gasteiger partial charge on any atom is 0.255 e. The van der Waals surface area contributed by atoms with Gasteiger partial charge in [0.2, 0.25) is 5.91 Å². The molecule has 1 saturated carbocycles. The van der Waals surface area contributed by atoms with E-state index >= 15 is 0 Å². The van der Waals surface area contributed by atoms with E-state index in [1.165, 1.54) is 19.3 Å². The molecule has 0 bridgehead atoms. The Hall–Kier alpha value is -2.27. The number of carbonyl (C=O) groups excluding carboxylic acids is 2. The van der Waals surface area contributed by atoms with Crippen molar-refractivity contribution in [1.29, 1.82) is 0 Å². The lowest BCUT2D eigenvalue weighted by atomic mass is 9.88. The molecule has 1 saturated heterocycles. The third-order valence-electron chi connectivity index (χ3n) is 5.96. The normalized spacial score (nSPS) is 22.4. The molecule has 0 aromatic heterocycles. The SMILES string of the molecule is O=C(NCc1ccccc1)[C@H]1CS[C@@H](C2CCCCC2)N1C(=O)c1ccccc1. The van der Waals surface area contributed by atoms with Gasteiger partial charge in [-0.1, -0.05) is 67.8 Å². The molecule has 2 aromatic carbocycles. The van der Waals surface area contributed by atoms with Crippen molar-refractivity contribution in [3.8, 4) is 0 Å². The van der Waals surface area contributed by atoms with E-state index in [9.17, 15) is 9.59 Å². The van der Waals surface area contributed by atoms with Crippen LogP contribution >= 0.6 is 11.8 Å². The van der Waals surface area contributed by atoms with Gasteiger partial charge in [-0.3, -0.25) is 9.59 Å². The van der Waals surface area contributed by atoms with Crippen LogP contribution in [0, 0.1) is 5.92 Å². The van der Waals surface area contributed by atoms with E-state index in [1.54, 1.807) is 11.8 Å². The summed E-state index contributed by atoms with van der Waals surface area (Å²) in [6, 6.07) is 18.9. The Labute approximate surface area is 177 Å². The van der Waals surface area contributed by atoms with Gasteiger partial charge in [0, 0.05) is 17.9 Å². The third-order valence-corrected chi connectivity index (χ3v) is 7.42. The minimum Gasteiger partial charge on any atom is -0.350 e. The molecule has 5 heteroatoms. The predicted molar refractivity (Wildman–Crippen MR) is 118 cm³/mol. The van der Waals surface area contributed by atoms with E-state index in [0.717, 1.165) is 18.4 Å². The molecule has 2 amide bonds. The Morgan fingerprint density at radius 2 is 1.59 bits per heavy atom. The molecule has 1 N–H and O–H groups in total. The van der Waals surface area contributed by atoms with Crippen LogP contribution in [0.15, 0.2) is 60.7 Å². The molecule has 4 nitrogen and oxygen atoms in total. The van der Waals surface area contributed by atoms with Gasteiger partial charge in [0.15, 0.2) is 0 Å². The van der Waals surface area contributed by atoms with Crippen LogP contribution in [-0.2, 0) is 11.3 Å². The fraction of sp³-hybridized carbons (Fsp3) is 0.417. The summed E-state index contributed by atoms with van der Waals surface area (Å²) >= 11 is 1.78. The van der Waals surface area contributed by atoms with Crippen LogP contribution in [0.3, 0.4) is 0 Å². The summed E-state index contributed by atoms with van der Waals surface area (Å²) in [5, 5.41) is 3.15. The number of amides is 2. The predicted octanol–water partition coefficient (Wildman–Crippen LogP) is 4.47.